The average Bonchev–Trinajstić information content (AvgIpc) is 2.31. The van der Waals surface area contributed by atoms with Gasteiger partial charge < -0.3 is 10.4 Å². The van der Waals surface area contributed by atoms with Gasteiger partial charge in [0.25, 0.3) is 5.69 Å². The molecule has 1 atom stereocenters. The fourth-order valence-corrected chi connectivity index (χ4v) is 1.46. The third-order valence-corrected chi connectivity index (χ3v) is 2.92. The van der Waals surface area contributed by atoms with Crippen LogP contribution in [0.1, 0.15) is 25.8 Å². The number of nitrogens with one attached hydrogen (secondary N) is 1. The lowest BCUT2D eigenvalue weighted by molar-refractivity contribution is -0.384. The van der Waals surface area contributed by atoms with Crippen LogP contribution in [-0.4, -0.2) is 22.2 Å². The summed E-state index contributed by atoms with van der Waals surface area (Å²) in [5, 5.41) is 23.3. The van der Waals surface area contributed by atoms with Crippen molar-refractivity contribution in [2.24, 2.45) is 0 Å². The Labute approximate surface area is 101 Å². The lowest BCUT2D eigenvalue weighted by Crippen LogP contribution is -2.38. The number of nitro groups is 1. The lowest BCUT2D eigenvalue weighted by atomic mass is 9.99. The summed E-state index contributed by atoms with van der Waals surface area (Å²) in [6.07, 6.45) is 0.675. The number of aliphatic hydroxyl groups excluding tert-OH is 1. The van der Waals surface area contributed by atoms with E-state index in [1.807, 2.05) is 26.8 Å². The Bertz CT molecular complexity index is 414. The van der Waals surface area contributed by atoms with Gasteiger partial charge in [-0.1, -0.05) is 13.0 Å². The second-order valence-electron chi connectivity index (χ2n) is 4.48. The molecule has 17 heavy (non-hydrogen) atoms. The molecule has 0 heterocycles. The molecule has 0 amide bonds. The fraction of sp³-hybridized carbons (Fsp3) is 0.500. The van der Waals surface area contributed by atoms with E-state index in [4.69, 9.17) is 0 Å². The monoisotopic (exact) mass is 238 g/mol. The van der Waals surface area contributed by atoms with Crippen LogP contribution < -0.4 is 5.32 Å². The van der Waals surface area contributed by atoms with Gasteiger partial charge in [0.1, 0.15) is 5.69 Å². The predicted molar refractivity (Wildman–Crippen MR) is 67.2 cm³/mol. The van der Waals surface area contributed by atoms with Gasteiger partial charge in [0.2, 0.25) is 0 Å². The molecule has 0 saturated carbocycles. The van der Waals surface area contributed by atoms with Crippen molar-refractivity contribution in [3.8, 4) is 0 Å². The highest BCUT2D eigenvalue weighted by Crippen LogP contribution is 2.28. The summed E-state index contributed by atoms with van der Waals surface area (Å²) in [6.45, 7) is 5.48. The first-order valence-corrected chi connectivity index (χ1v) is 5.56. The number of aliphatic hydroxyl groups is 1. The molecule has 0 aromatic heterocycles. The van der Waals surface area contributed by atoms with Gasteiger partial charge in [0.15, 0.2) is 0 Å². The van der Waals surface area contributed by atoms with E-state index in [1.54, 1.807) is 6.07 Å². The van der Waals surface area contributed by atoms with Crippen molar-refractivity contribution < 1.29 is 10.0 Å². The molecule has 5 nitrogen and oxygen atoms in total. The van der Waals surface area contributed by atoms with E-state index in [2.05, 4.69) is 5.32 Å². The van der Waals surface area contributed by atoms with Crippen molar-refractivity contribution in [3.05, 3.63) is 33.9 Å². The summed E-state index contributed by atoms with van der Waals surface area (Å²) in [6, 6.07) is 5.01. The Morgan fingerprint density at radius 2 is 2.18 bits per heavy atom. The van der Waals surface area contributed by atoms with Crippen LogP contribution in [0.4, 0.5) is 11.4 Å². The molecule has 0 aliphatic rings. The third kappa shape index (κ3) is 3.17. The molecule has 0 aliphatic carbocycles. The molecular weight excluding hydrogens is 220 g/mol. The minimum atomic E-state index is -0.542. The molecule has 5 heteroatoms. The standard InChI is InChI=1S/C12H18N2O3/c1-4-12(3,8-15)13-10-6-5-9(2)7-11(10)14(16)17/h5-7,13,15H,4,8H2,1-3H3. The highest BCUT2D eigenvalue weighted by molar-refractivity contribution is 5.63. The van der Waals surface area contributed by atoms with Crippen molar-refractivity contribution in [3.63, 3.8) is 0 Å². The van der Waals surface area contributed by atoms with Crippen LogP contribution in [0.25, 0.3) is 0 Å². The van der Waals surface area contributed by atoms with Gasteiger partial charge in [-0.25, -0.2) is 0 Å². The molecule has 0 aliphatic heterocycles. The first-order valence-electron chi connectivity index (χ1n) is 5.56. The van der Waals surface area contributed by atoms with E-state index in [0.29, 0.717) is 12.1 Å². The van der Waals surface area contributed by atoms with E-state index in [9.17, 15) is 15.2 Å². The largest absolute Gasteiger partial charge is 0.394 e. The quantitative estimate of drug-likeness (QED) is 0.610. The number of anilines is 1. The van der Waals surface area contributed by atoms with Crippen molar-refractivity contribution in [2.75, 3.05) is 11.9 Å². The summed E-state index contributed by atoms with van der Waals surface area (Å²) < 4.78 is 0. The van der Waals surface area contributed by atoms with Crippen LogP contribution in [0.3, 0.4) is 0 Å². The second kappa shape index (κ2) is 5.14. The van der Waals surface area contributed by atoms with Crippen molar-refractivity contribution >= 4 is 11.4 Å². The zero-order valence-electron chi connectivity index (χ0n) is 10.4. The number of benzene rings is 1. The molecule has 1 aromatic rings. The van der Waals surface area contributed by atoms with Gasteiger partial charge in [-0.3, -0.25) is 10.1 Å². The molecule has 1 aromatic carbocycles. The summed E-state index contributed by atoms with van der Waals surface area (Å²) in [5.41, 5.74) is 0.779. The summed E-state index contributed by atoms with van der Waals surface area (Å²) in [4.78, 5) is 10.5. The van der Waals surface area contributed by atoms with Crippen LogP contribution >= 0.6 is 0 Å². The molecule has 1 rings (SSSR count). The summed E-state index contributed by atoms with van der Waals surface area (Å²) in [7, 11) is 0. The first kappa shape index (κ1) is 13.4. The smallest absolute Gasteiger partial charge is 0.292 e. The van der Waals surface area contributed by atoms with Gasteiger partial charge in [-0.15, -0.1) is 0 Å². The Hall–Kier alpha value is -1.62. The van der Waals surface area contributed by atoms with Crippen LogP contribution in [0, 0.1) is 17.0 Å². The molecule has 94 valence electrons. The molecule has 0 spiro atoms. The number of aryl methyl sites for hydroxylation is 1. The highest BCUT2D eigenvalue weighted by Gasteiger charge is 2.24. The summed E-state index contributed by atoms with van der Waals surface area (Å²) in [5.74, 6) is 0. The lowest BCUT2D eigenvalue weighted by Gasteiger charge is -2.28. The number of rotatable bonds is 5. The van der Waals surface area contributed by atoms with E-state index in [1.165, 1.54) is 6.07 Å². The second-order valence-corrected chi connectivity index (χ2v) is 4.48. The number of nitrogens with zero attached hydrogens (tertiary/aromatic N) is 1. The van der Waals surface area contributed by atoms with Gasteiger partial charge in [0.05, 0.1) is 17.1 Å². The van der Waals surface area contributed by atoms with E-state index < -0.39 is 10.5 Å². The maximum Gasteiger partial charge on any atom is 0.292 e. The molecular formula is C12H18N2O3. The van der Waals surface area contributed by atoms with Crippen LogP contribution in [0.5, 0.6) is 0 Å². The van der Waals surface area contributed by atoms with E-state index in [0.717, 1.165) is 5.56 Å². The van der Waals surface area contributed by atoms with Crippen molar-refractivity contribution in [1.29, 1.82) is 0 Å². The number of hydrogen-bond acceptors (Lipinski definition) is 4. The molecule has 2 N–H and O–H groups in total. The van der Waals surface area contributed by atoms with Crippen LogP contribution in [0.2, 0.25) is 0 Å². The van der Waals surface area contributed by atoms with Gasteiger partial charge >= 0.3 is 0 Å². The van der Waals surface area contributed by atoms with Crippen LogP contribution in [0.15, 0.2) is 18.2 Å². The van der Waals surface area contributed by atoms with Crippen molar-refractivity contribution in [1.82, 2.24) is 0 Å². The SMILES string of the molecule is CCC(C)(CO)Nc1ccc(C)cc1[N+](=O)[O-]. The number of hydrogen-bond donors (Lipinski definition) is 2. The van der Waals surface area contributed by atoms with Gasteiger partial charge in [-0.05, 0) is 31.9 Å². The molecule has 0 saturated heterocycles. The fourth-order valence-electron chi connectivity index (χ4n) is 1.46. The summed E-state index contributed by atoms with van der Waals surface area (Å²) >= 11 is 0. The Kier molecular flexibility index (Phi) is 4.07. The van der Waals surface area contributed by atoms with E-state index in [-0.39, 0.29) is 12.3 Å². The van der Waals surface area contributed by atoms with Crippen molar-refractivity contribution in [2.45, 2.75) is 32.7 Å². The zero-order chi connectivity index (χ0) is 13.1. The molecule has 0 bridgehead atoms. The Balaban J connectivity index is 3.10. The number of nitro benzene ring substituents is 1. The maximum atomic E-state index is 10.9. The predicted octanol–water partition coefficient (Wildman–Crippen LogP) is 2.48. The maximum absolute atomic E-state index is 10.9. The third-order valence-electron chi connectivity index (χ3n) is 2.92. The highest BCUT2D eigenvalue weighted by atomic mass is 16.6. The zero-order valence-corrected chi connectivity index (χ0v) is 10.4. The topological polar surface area (TPSA) is 75.4 Å². The van der Waals surface area contributed by atoms with Crippen LogP contribution in [-0.2, 0) is 0 Å². The molecule has 0 fully saturated rings. The van der Waals surface area contributed by atoms with Gasteiger partial charge in [-0.2, -0.15) is 0 Å². The molecule has 1 unspecified atom stereocenters. The normalized spacial score (nSPS) is 14.1. The van der Waals surface area contributed by atoms with Gasteiger partial charge in [0, 0.05) is 6.07 Å². The Morgan fingerprint density at radius 3 is 2.65 bits per heavy atom. The average molecular weight is 238 g/mol. The Morgan fingerprint density at radius 1 is 1.53 bits per heavy atom. The van der Waals surface area contributed by atoms with E-state index >= 15 is 0 Å². The first-order chi connectivity index (χ1) is 7.91. The minimum absolute atomic E-state index is 0.0399. The molecule has 0 radical (unpaired) electrons. The minimum Gasteiger partial charge on any atom is -0.394 e.